The van der Waals surface area contributed by atoms with Crippen LogP contribution < -0.4 is 14.4 Å². The number of anilines is 1. The Morgan fingerprint density at radius 1 is 0.958 bits per heavy atom. The zero-order chi connectivity index (χ0) is 33.7. The number of Topliss-reactive ketones (excluding diaryl/α,β-unsaturated/α-hetero) is 2. The van der Waals surface area contributed by atoms with Gasteiger partial charge in [0.2, 0.25) is 5.78 Å². The number of nitrogens with zero attached hydrogens (tertiary/aromatic N) is 4. The van der Waals surface area contributed by atoms with Crippen molar-refractivity contribution in [1.29, 1.82) is 0 Å². The second-order valence-electron chi connectivity index (χ2n) is 12.9. The molecule has 0 fully saturated rings. The van der Waals surface area contributed by atoms with E-state index in [2.05, 4.69) is 10.1 Å². The first-order valence-corrected chi connectivity index (χ1v) is 16.1. The van der Waals surface area contributed by atoms with Crippen molar-refractivity contribution in [3.05, 3.63) is 112 Å². The van der Waals surface area contributed by atoms with Gasteiger partial charge in [0.1, 0.15) is 36.1 Å². The molecule has 0 amide bonds. The Hall–Kier alpha value is -5.00. The summed E-state index contributed by atoms with van der Waals surface area (Å²) < 4.78 is 17.9. The van der Waals surface area contributed by atoms with Crippen molar-refractivity contribution < 1.29 is 33.8 Å². The summed E-state index contributed by atoms with van der Waals surface area (Å²) in [4.78, 5) is 37.4. The fourth-order valence-corrected chi connectivity index (χ4v) is 7.46. The predicted molar refractivity (Wildman–Crippen MR) is 176 cm³/mol. The van der Waals surface area contributed by atoms with Crippen molar-refractivity contribution >= 4 is 17.4 Å². The molecule has 2 aromatic heterocycles. The minimum Gasteiger partial charge on any atom is -0.508 e. The standard InChI is InChI=1S/C37H38N4O7/c1-5-41(4)30-25-17-23-16-24-28(26(18-38-35(24)40(2)3)46-19-21-12-8-6-9-13-21)31(42)27(23)33(43)37(25,45)34(44)29-32(30)48-39-36(29)47-20-22-14-10-7-11-15-22/h6-15,18,23,25,30,43,45H,5,16-17,19-20H2,1-4H3/t23-,25-,30-,37-/m0/s1. The highest BCUT2D eigenvalue weighted by molar-refractivity contribution is 6.16. The Bertz CT molecular complexity index is 1910. The summed E-state index contributed by atoms with van der Waals surface area (Å²) in [5.74, 6) is -2.20. The molecule has 11 nitrogen and oxygen atoms in total. The molecule has 248 valence electrons. The normalized spacial score (nSPS) is 22.9. The zero-order valence-corrected chi connectivity index (χ0v) is 27.3. The highest BCUT2D eigenvalue weighted by Gasteiger charge is 2.64. The number of pyridine rings is 1. The zero-order valence-electron chi connectivity index (χ0n) is 27.3. The highest BCUT2D eigenvalue weighted by Crippen LogP contribution is 2.57. The largest absolute Gasteiger partial charge is 0.508 e. The Kier molecular flexibility index (Phi) is 8.04. The number of hydrogen-bond acceptors (Lipinski definition) is 11. The van der Waals surface area contributed by atoms with Crippen molar-refractivity contribution in [2.24, 2.45) is 11.8 Å². The maximum absolute atomic E-state index is 14.6. The molecular weight excluding hydrogens is 612 g/mol. The summed E-state index contributed by atoms with van der Waals surface area (Å²) in [5.41, 5.74) is 0.295. The van der Waals surface area contributed by atoms with Gasteiger partial charge < -0.3 is 29.1 Å². The fourth-order valence-electron chi connectivity index (χ4n) is 7.46. The Balaban J connectivity index is 1.32. The molecule has 0 saturated heterocycles. The third-order valence-electron chi connectivity index (χ3n) is 9.91. The Morgan fingerprint density at radius 2 is 1.60 bits per heavy atom. The molecule has 48 heavy (non-hydrogen) atoms. The topological polar surface area (TPSA) is 138 Å². The lowest BCUT2D eigenvalue weighted by Crippen LogP contribution is -2.59. The van der Waals surface area contributed by atoms with E-state index in [0.29, 0.717) is 24.3 Å². The number of allylic oxidation sites excluding steroid dienone is 1. The second kappa shape index (κ2) is 12.2. The van der Waals surface area contributed by atoms with Gasteiger partial charge >= 0.3 is 0 Å². The van der Waals surface area contributed by atoms with Crippen molar-refractivity contribution in [3.63, 3.8) is 0 Å². The second-order valence-corrected chi connectivity index (χ2v) is 12.9. The third kappa shape index (κ3) is 4.96. The van der Waals surface area contributed by atoms with Crippen LogP contribution in [0.5, 0.6) is 11.6 Å². The summed E-state index contributed by atoms with van der Waals surface area (Å²) in [5, 5.41) is 28.6. The van der Waals surface area contributed by atoms with Gasteiger partial charge in [-0.05, 0) is 48.6 Å². The molecule has 0 bridgehead atoms. The van der Waals surface area contributed by atoms with Crippen LogP contribution in [0.3, 0.4) is 0 Å². The van der Waals surface area contributed by atoms with Crippen LogP contribution in [0.25, 0.3) is 0 Å². The lowest BCUT2D eigenvalue weighted by atomic mass is 9.58. The van der Waals surface area contributed by atoms with E-state index in [1.165, 1.54) is 6.20 Å². The van der Waals surface area contributed by atoms with Crippen LogP contribution in [0.1, 0.15) is 62.6 Å². The molecule has 4 aromatic rings. The number of aliphatic hydroxyl groups is 2. The van der Waals surface area contributed by atoms with E-state index < -0.39 is 40.8 Å². The van der Waals surface area contributed by atoms with Crippen molar-refractivity contribution in [2.45, 2.75) is 44.6 Å². The fraction of sp³-hybridized carbons (Fsp3) is 0.351. The minimum absolute atomic E-state index is 0.0135. The van der Waals surface area contributed by atoms with Gasteiger partial charge in [-0.3, -0.25) is 14.5 Å². The van der Waals surface area contributed by atoms with Crippen molar-refractivity contribution in [3.8, 4) is 11.6 Å². The molecule has 3 aliphatic carbocycles. The number of rotatable bonds is 9. The highest BCUT2D eigenvalue weighted by atomic mass is 16.5. The molecule has 2 heterocycles. The van der Waals surface area contributed by atoms with Gasteiger partial charge in [0, 0.05) is 31.1 Å². The summed E-state index contributed by atoms with van der Waals surface area (Å²) in [6, 6.07) is 18.3. The van der Waals surface area contributed by atoms with Gasteiger partial charge in [-0.25, -0.2) is 4.98 Å². The lowest BCUT2D eigenvalue weighted by molar-refractivity contribution is -0.0588. The molecule has 2 aromatic carbocycles. The SMILES string of the molecule is CCN(C)[C@@H]1c2onc(OCc3ccccc3)c2C(=O)[C@@]2(O)C(O)=C3C(=O)c4c(OCc5ccccc5)cnc(N(C)C)c4C[C@H]3C[C@@H]12. The third-order valence-corrected chi connectivity index (χ3v) is 9.91. The first-order chi connectivity index (χ1) is 23.1. The number of hydrogen-bond donors (Lipinski definition) is 2. The summed E-state index contributed by atoms with van der Waals surface area (Å²) in [6.07, 6.45) is 2.09. The molecule has 0 spiro atoms. The number of ketones is 2. The molecule has 11 heteroatoms. The van der Waals surface area contributed by atoms with E-state index in [4.69, 9.17) is 14.0 Å². The van der Waals surface area contributed by atoms with E-state index in [0.717, 1.165) is 11.1 Å². The number of fused-ring (bicyclic) bond motifs is 4. The molecule has 0 unspecified atom stereocenters. The molecule has 4 atom stereocenters. The number of aliphatic hydroxyl groups excluding tert-OH is 1. The number of aromatic nitrogens is 2. The van der Waals surface area contributed by atoms with Crippen LogP contribution in [0.15, 0.2) is 82.7 Å². The molecule has 7 rings (SSSR count). The smallest absolute Gasteiger partial charge is 0.265 e. The van der Waals surface area contributed by atoms with Gasteiger partial charge in [0.25, 0.3) is 5.88 Å². The van der Waals surface area contributed by atoms with E-state index in [1.807, 2.05) is 98.5 Å². The lowest BCUT2D eigenvalue weighted by Gasteiger charge is -2.49. The van der Waals surface area contributed by atoms with Gasteiger partial charge in [0.05, 0.1) is 17.8 Å². The first-order valence-electron chi connectivity index (χ1n) is 16.1. The van der Waals surface area contributed by atoms with E-state index >= 15 is 0 Å². The van der Waals surface area contributed by atoms with Gasteiger partial charge in [-0.2, -0.15) is 0 Å². The first kappa shape index (κ1) is 31.6. The molecule has 2 N–H and O–H groups in total. The summed E-state index contributed by atoms with van der Waals surface area (Å²) in [6.45, 7) is 2.82. The monoisotopic (exact) mass is 650 g/mol. The molecule has 0 radical (unpaired) electrons. The van der Waals surface area contributed by atoms with Gasteiger partial charge in [-0.15, -0.1) is 0 Å². The van der Waals surface area contributed by atoms with Gasteiger partial charge in [0.15, 0.2) is 17.1 Å². The Morgan fingerprint density at radius 3 is 2.23 bits per heavy atom. The number of carbonyl (C=O) groups is 2. The van der Waals surface area contributed by atoms with Gasteiger partial charge in [-0.1, -0.05) is 67.6 Å². The molecule has 3 aliphatic rings. The number of carbonyl (C=O) groups excluding carboxylic acids is 2. The van der Waals surface area contributed by atoms with E-state index in [-0.39, 0.29) is 53.7 Å². The van der Waals surface area contributed by atoms with Crippen LogP contribution in [0.4, 0.5) is 5.82 Å². The van der Waals surface area contributed by atoms with E-state index in [1.54, 1.807) is 0 Å². The van der Waals surface area contributed by atoms with Crippen molar-refractivity contribution in [2.75, 3.05) is 32.6 Å². The molecule has 0 aliphatic heterocycles. The number of benzene rings is 2. The Labute approximate surface area is 278 Å². The van der Waals surface area contributed by atoms with E-state index in [9.17, 15) is 19.8 Å². The predicted octanol–water partition coefficient (Wildman–Crippen LogP) is 5.10. The quantitative estimate of drug-likeness (QED) is 0.250. The maximum atomic E-state index is 14.6. The minimum atomic E-state index is -2.42. The van der Waals surface area contributed by atoms with Crippen LogP contribution in [-0.2, 0) is 19.6 Å². The van der Waals surface area contributed by atoms with Crippen LogP contribution in [-0.4, -0.2) is 70.1 Å². The summed E-state index contributed by atoms with van der Waals surface area (Å²) in [7, 11) is 5.57. The summed E-state index contributed by atoms with van der Waals surface area (Å²) >= 11 is 0. The van der Waals surface area contributed by atoms with Crippen LogP contribution in [0, 0.1) is 11.8 Å². The average molecular weight is 651 g/mol. The molecular formula is C37H38N4O7. The number of ether oxygens (including phenoxy) is 2. The van der Waals surface area contributed by atoms with Crippen LogP contribution in [0.2, 0.25) is 0 Å². The maximum Gasteiger partial charge on any atom is 0.265 e. The van der Waals surface area contributed by atoms with Crippen LogP contribution >= 0.6 is 0 Å². The molecule has 0 saturated carbocycles. The average Bonchev–Trinajstić information content (AvgIpc) is 3.52. The van der Waals surface area contributed by atoms with Crippen molar-refractivity contribution in [1.82, 2.24) is 15.0 Å².